The van der Waals surface area contributed by atoms with E-state index >= 15 is 0 Å². The average Bonchev–Trinajstić information content (AvgIpc) is 2.77. The largest absolute Gasteiger partial charge is 0.481 e. The molecule has 6 nitrogen and oxygen atoms in total. The number of carboxylic acids is 2. The zero-order valence-electron chi connectivity index (χ0n) is 21.3. The van der Waals surface area contributed by atoms with Crippen LogP contribution in [0.25, 0.3) is 0 Å². The number of nitrogens with one attached hydrogen (secondary N) is 1. The molecule has 33 heavy (non-hydrogen) atoms. The number of rotatable bonds is 25. The lowest BCUT2D eigenvalue weighted by Crippen LogP contribution is -2.40. The Morgan fingerprint density at radius 2 is 0.970 bits per heavy atom. The van der Waals surface area contributed by atoms with Crippen molar-refractivity contribution >= 4 is 17.8 Å². The molecule has 0 aliphatic carbocycles. The monoisotopic (exact) mass is 469 g/mol. The summed E-state index contributed by atoms with van der Waals surface area (Å²) in [6.45, 7) is 2.27. The van der Waals surface area contributed by atoms with Crippen molar-refractivity contribution in [3.63, 3.8) is 0 Å². The van der Waals surface area contributed by atoms with Gasteiger partial charge in [0.05, 0.1) is 0 Å². The van der Waals surface area contributed by atoms with Crippen molar-refractivity contribution in [3.8, 4) is 0 Å². The molecule has 194 valence electrons. The molecule has 0 aromatic heterocycles. The van der Waals surface area contributed by atoms with Gasteiger partial charge in [0.25, 0.3) is 0 Å². The first-order valence-electron chi connectivity index (χ1n) is 13.7. The van der Waals surface area contributed by atoms with E-state index in [-0.39, 0.29) is 25.2 Å². The van der Waals surface area contributed by atoms with Gasteiger partial charge < -0.3 is 15.5 Å². The predicted molar refractivity (Wildman–Crippen MR) is 134 cm³/mol. The van der Waals surface area contributed by atoms with Crippen LogP contribution in [0.2, 0.25) is 0 Å². The molecule has 0 heterocycles. The number of amides is 1. The SMILES string of the molecule is CCCCCCCCCCCCCCCCCCCCC(=O)N[C@H](CCCC(=O)O)C(=O)O. The van der Waals surface area contributed by atoms with Gasteiger partial charge in [-0.3, -0.25) is 9.59 Å². The topological polar surface area (TPSA) is 104 Å². The molecule has 0 radical (unpaired) electrons. The third kappa shape index (κ3) is 23.4. The number of carbonyl (C=O) groups is 3. The molecule has 1 amide bonds. The van der Waals surface area contributed by atoms with E-state index in [2.05, 4.69) is 12.2 Å². The standard InChI is InChI=1S/C27H51NO5/c1-2-3-4-5-6-7-8-9-10-11-12-13-14-15-16-17-18-19-22-25(29)28-24(27(32)33)21-20-23-26(30)31/h24H,2-23H2,1H3,(H,28,29)(H,30,31)(H,32,33)/t24-/m1/s1. The molecular weight excluding hydrogens is 418 g/mol. The maximum Gasteiger partial charge on any atom is 0.326 e. The van der Waals surface area contributed by atoms with Crippen LogP contribution in [0.1, 0.15) is 148 Å². The first-order chi connectivity index (χ1) is 16.0. The Hall–Kier alpha value is -1.59. The van der Waals surface area contributed by atoms with E-state index in [0.29, 0.717) is 6.42 Å². The lowest BCUT2D eigenvalue weighted by Gasteiger charge is -2.14. The van der Waals surface area contributed by atoms with E-state index in [1.54, 1.807) is 0 Å². The molecule has 0 saturated heterocycles. The van der Waals surface area contributed by atoms with Gasteiger partial charge in [-0.05, 0) is 19.3 Å². The van der Waals surface area contributed by atoms with Crippen molar-refractivity contribution in [2.45, 2.75) is 154 Å². The second-order valence-corrected chi connectivity index (χ2v) is 9.50. The third-order valence-electron chi connectivity index (χ3n) is 6.27. The van der Waals surface area contributed by atoms with Crippen LogP contribution < -0.4 is 5.32 Å². The van der Waals surface area contributed by atoms with Gasteiger partial charge in [-0.2, -0.15) is 0 Å². The van der Waals surface area contributed by atoms with Crippen molar-refractivity contribution in [3.05, 3.63) is 0 Å². The number of aliphatic carboxylic acids is 2. The van der Waals surface area contributed by atoms with E-state index in [4.69, 9.17) is 10.2 Å². The lowest BCUT2D eigenvalue weighted by atomic mass is 10.0. The molecule has 1 atom stereocenters. The third-order valence-corrected chi connectivity index (χ3v) is 6.27. The fourth-order valence-electron chi connectivity index (χ4n) is 4.17. The van der Waals surface area contributed by atoms with E-state index in [9.17, 15) is 14.4 Å². The fourth-order valence-corrected chi connectivity index (χ4v) is 4.17. The van der Waals surface area contributed by atoms with Gasteiger partial charge in [0.2, 0.25) is 5.91 Å². The summed E-state index contributed by atoms with van der Waals surface area (Å²) in [5.74, 6) is -2.31. The van der Waals surface area contributed by atoms with Gasteiger partial charge >= 0.3 is 11.9 Å². The highest BCUT2D eigenvalue weighted by Gasteiger charge is 2.19. The second-order valence-electron chi connectivity index (χ2n) is 9.50. The Balaban J connectivity index is 3.41. The summed E-state index contributed by atoms with van der Waals surface area (Å²) in [6.07, 6.45) is 23.9. The average molecular weight is 470 g/mol. The molecule has 0 aromatic rings. The van der Waals surface area contributed by atoms with Crippen LogP contribution in [0, 0.1) is 0 Å². The summed E-state index contributed by atoms with van der Waals surface area (Å²) in [7, 11) is 0. The van der Waals surface area contributed by atoms with E-state index in [1.165, 1.54) is 96.3 Å². The second kappa shape index (κ2) is 23.6. The van der Waals surface area contributed by atoms with Gasteiger partial charge in [-0.1, -0.05) is 116 Å². The minimum atomic E-state index is -1.11. The molecule has 0 rings (SSSR count). The summed E-state index contributed by atoms with van der Waals surface area (Å²) in [4.78, 5) is 33.7. The first-order valence-corrected chi connectivity index (χ1v) is 13.7. The van der Waals surface area contributed by atoms with Crippen LogP contribution in [0.15, 0.2) is 0 Å². The van der Waals surface area contributed by atoms with Crippen LogP contribution in [0.3, 0.4) is 0 Å². The highest BCUT2D eigenvalue weighted by atomic mass is 16.4. The van der Waals surface area contributed by atoms with E-state index in [0.717, 1.165) is 19.3 Å². The summed E-state index contributed by atoms with van der Waals surface area (Å²) in [5.41, 5.74) is 0. The van der Waals surface area contributed by atoms with E-state index < -0.39 is 18.0 Å². The van der Waals surface area contributed by atoms with Gasteiger partial charge in [-0.25, -0.2) is 4.79 Å². The summed E-state index contributed by atoms with van der Waals surface area (Å²) < 4.78 is 0. The van der Waals surface area contributed by atoms with Crippen molar-refractivity contribution in [1.82, 2.24) is 5.32 Å². The number of carboxylic acid groups (broad SMARTS) is 2. The van der Waals surface area contributed by atoms with Crippen molar-refractivity contribution in [2.24, 2.45) is 0 Å². The Kier molecular flexibility index (Phi) is 22.4. The van der Waals surface area contributed by atoms with Gasteiger partial charge in [0.15, 0.2) is 0 Å². The maximum atomic E-state index is 11.9. The summed E-state index contributed by atoms with van der Waals surface area (Å²) in [6, 6.07) is -0.993. The Labute approximate surface area is 202 Å². The van der Waals surface area contributed by atoms with Crippen LogP contribution in [-0.2, 0) is 14.4 Å². The fraction of sp³-hybridized carbons (Fsp3) is 0.889. The normalized spacial score (nSPS) is 11.9. The maximum absolute atomic E-state index is 11.9. The Bertz CT molecular complexity index is 495. The molecule has 0 spiro atoms. The number of hydrogen-bond acceptors (Lipinski definition) is 3. The molecule has 0 aliphatic heterocycles. The smallest absolute Gasteiger partial charge is 0.326 e. The lowest BCUT2D eigenvalue weighted by molar-refractivity contribution is -0.142. The summed E-state index contributed by atoms with van der Waals surface area (Å²) in [5, 5.41) is 20.3. The van der Waals surface area contributed by atoms with Crippen LogP contribution in [-0.4, -0.2) is 34.1 Å². The van der Waals surface area contributed by atoms with Crippen LogP contribution in [0.4, 0.5) is 0 Å². The zero-order valence-corrected chi connectivity index (χ0v) is 21.3. The number of unbranched alkanes of at least 4 members (excludes halogenated alkanes) is 17. The molecule has 0 saturated carbocycles. The van der Waals surface area contributed by atoms with E-state index in [1.807, 2.05) is 0 Å². The molecular formula is C27H51NO5. The van der Waals surface area contributed by atoms with Crippen LogP contribution in [0.5, 0.6) is 0 Å². The number of hydrogen-bond donors (Lipinski definition) is 3. The minimum absolute atomic E-state index is 0.0844. The van der Waals surface area contributed by atoms with Gasteiger partial charge in [-0.15, -0.1) is 0 Å². The molecule has 6 heteroatoms. The molecule has 0 aliphatic rings. The van der Waals surface area contributed by atoms with Gasteiger partial charge in [0, 0.05) is 12.8 Å². The predicted octanol–water partition coefficient (Wildman–Crippen LogP) is 7.24. The van der Waals surface area contributed by atoms with Crippen LogP contribution >= 0.6 is 0 Å². The summed E-state index contributed by atoms with van der Waals surface area (Å²) >= 11 is 0. The quantitative estimate of drug-likeness (QED) is 0.122. The Morgan fingerprint density at radius 3 is 1.33 bits per heavy atom. The van der Waals surface area contributed by atoms with Crippen molar-refractivity contribution in [2.75, 3.05) is 0 Å². The van der Waals surface area contributed by atoms with Crippen molar-refractivity contribution in [1.29, 1.82) is 0 Å². The van der Waals surface area contributed by atoms with Crippen molar-refractivity contribution < 1.29 is 24.6 Å². The highest BCUT2D eigenvalue weighted by molar-refractivity contribution is 5.83. The molecule has 0 bridgehead atoms. The highest BCUT2D eigenvalue weighted by Crippen LogP contribution is 2.14. The minimum Gasteiger partial charge on any atom is -0.481 e. The molecule has 0 aromatic carbocycles. The first kappa shape index (κ1) is 31.4. The molecule has 3 N–H and O–H groups in total. The Morgan fingerprint density at radius 1 is 0.576 bits per heavy atom. The zero-order chi connectivity index (χ0) is 24.6. The molecule has 0 fully saturated rings. The number of carbonyl (C=O) groups excluding carboxylic acids is 1. The molecule has 0 unspecified atom stereocenters. The van der Waals surface area contributed by atoms with Gasteiger partial charge in [0.1, 0.15) is 6.04 Å².